The molecule has 2 aromatic rings. The Morgan fingerprint density at radius 2 is 2.12 bits per heavy atom. The minimum absolute atomic E-state index is 0.117. The van der Waals surface area contributed by atoms with E-state index in [0.29, 0.717) is 11.0 Å². The summed E-state index contributed by atoms with van der Waals surface area (Å²) in [4.78, 5) is 14.2. The quantitative estimate of drug-likeness (QED) is 0.446. The third-order valence-corrected chi connectivity index (χ3v) is 2.59. The second kappa shape index (κ2) is 3.66. The van der Waals surface area contributed by atoms with Crippen LogP contribution in [0.1, 0.15) is 20.8 Å². The predicted octanol–water partition coefficient (Wildman–Crippen LogP) is 2.75. The zero-order valence-electron chi connectivity index (χ0n) is 9.64. The van der Waals surface area contributed by atoms with Crippen molar-refractivity contribution in [3.8, 4) is 0 Å². The number of nitro groups is 1. The van der Waals surface area contributed by atoms with E-state index in [1.807, 2.05) is 20.8 Å². The lowest BCUT2D eigenvalue weighted by atomic mass is 10.1. The van der Waals surface area contributed by atoms with Gasteiger partial charge in [-0.3, -0.25) is 10.1 Å². The van der Waals surface area contributed by atoms with Gasteiger partial charge in [0.2, 0.25) is 5.15 Å². The lowest BCUT2D eigenvalue weighted by Crippen LogP contribution is -2.23. The summed E-state index contributed by atoms with van der Waals surface area (Å²) >= 11 is 5.78. The van der Waals surface area contributed by atoms with E-state index in [1.54, 1.807) is 10.9 Å². The van der Waals surface area contributed by atoms with Gasteiger partial charge in [0.25, 0.3) is 0 Å². The summed E-state index contributed by atoms with van der Waals surface area (Å²) < 4.78 is 1.69. The van der Waals surface area contributed by atoms with Crippen molar-refractivity contribution in [3.05, 3.63) is 27.5 Å². The highest BCUT2D eigenvalue weighted by atomic mass is 35.5. The number of hydrogen-bond acceptors (Lipinski definition) is 4. The molecule has 0 radical (unpaired) electrons. The number of hydrogen-bond donors (Lipinski definition) is 0. The number of halogens is 1. The second-order valence-electron chi connectivity index (χ2n) is 4.70. The molecule has 6 nitrogen and oxygen atoms in total. The normalized spacial score (nSPS) is 12.0. The van der Waals surface area contributed by atoms with Crippen molar-refractivity contribution in [1.29, 1.82) is 0 Å². The van der Waals surface area contributed by atoms with E-state index in [2.05, 4.69) is 10.1 Å². The highest BCUT2D eigenvalue weighted by Gasteiger charge is 2.22. The fraction of sp³-hybridized carbons (Fsp3) is 0.400. The Morgan fingerprint density at radius 3 is 2.65 bits per heavy atom. The van der Waals surface area contributed by atoms with Crippen LogP contribution in [0.25, 0.3) is 11.0 Å². The van der Waals surface area contributed by atoms with Crippen LogP contribution < -0.4 is 0 Å². The minimum Gasteiger partial charge on any atom is -0.258 e. The minimum atomic E-state index is -0.552. The van der Waals surface area contributed by atoms with Crippen molar-refractivity contribution in [2.45, 2.75) is 26.3 Å². The second-order valence-corrected chi connectivity index (χ2v) is 5.05. The van der Waals surface area contributed by atoms with E-state index < -0.39 is 4.92 Å². The molecular formula is C10H11ClN4O2. The fourth-order valence-corrected chi connectivity index (χ4v) is 1.75. The molecule has 0 amide bonds. The molecular weight excluding hydrogens is 244 g/mol. The maximum absolute atomic E-state index is 10.7. The molecule has 2 rings (SSSR count). The first-order valence-electron chi connectivity index (χ1n) is 5.00. The molecule has 2 heterocycles. The SMILES string of the molecule is CC(C)(C)n1ncc2cc([N+](=O)[O-])c(Cl)nc21. The van der Waals surface area contributed by atoms with Gasteiger partial charge in [-0.1, -0.05) is 11.6 Å². The monoisotopic (exact) mass is 254 g/mol. The third kappa shape index (κ3) is 1.95. The number of nitrogens with zero attached hydrogens (tertiary/aromatic N) is 4. The van der Waals surface area contributed by atoms with E-state index >= 15 is 0 Å². The van der Waals surface area contributed by atoms with Crippen LogP contribution in [0, 0.1) is 10.1 Å². The van der Waals surface area contributed by atoms with E-state index in [0.717, 1.165) is 0 Å². The Bertz CT molecular complexity index is 600. The molecule has 0 unspecified atom stereocenters. The molecule has 2 aromatic heterocycles. The Labute approximate surface area is 102 Å². The molecule has 0 aliphatic carbocycles. The molecule has 0 atom stereocenters. The molecule has 0 N–H and O–H groups in total. The Morgan fingerprint density at radius 1 is 1.47 bits per heavy atom. The first-order chi connectivity index (χ1) is 7.80. The number of fused-ring (bicyclic) bond motifs is 1. The number of rotatable bonds is 1. The van der Waals surface area contributed by atoms with Crippen molar-refractivity contribution in [3.63, 3.8) is 0 Å². The maximum Gasteiger partial charge on any atom is 0.307 e. The van der Waals surface area contributed by atoms with Gasteiger partial charge < -0.3 is 0 Å². The molecule has 17 heavy (non-hydrogen) atoms. The van der Waals surface area contributed by atoms with Gasteiger partial charge in [0.05, 0.1) is 16.7 Å². The van der Waals surface area contributed by atoms with Gasteiger partial charge in [-0.25, -0.2) is 9.67 Å². The highest BCUT2D eigenvalue weighted by molar-refractivity contribution is 6.31. The summed E-state index contributed by atoms with van der Waals surface area (Å²) in [6, 6.07) is 1.39. The summed E-state index contributed by atoms with van der Waals surface area (Å²) in [6.07, 6.45) is 1.55. The van der Waals surface area contributed by atoms with Crippen molar-refractivity contribution < 1.29 is 4.92 Å². The van der Waals surface area contributed by atoms with Crippen LogP contribution in [0.15, 0.2) is 12.3 Å². The zero-order chi connectivity index (χ0) is 12.8. The fourth-order valence-electron chi connectivity index (χ4n) is 1.54. The predicted molar refractivity (Wildman–Crippen MR) is 64.2 cm³/mol. The van der Waals surface area contributed by atoms with Crippen LogP contribution in [-0.4, -0.2) is 19.7 Å². The summed E-state index contributed by atoms with van der Waals surface area (Å²) in [5.41, 5.74) is 0.0922. The average Bonchev–Trinajstić information content (AvgIpc) is 2.57. The van der Waals surface area contributed by atoms with Gasteiger partial charge in [0.15, 0.2) is 5.65 Å². The lowest BCUT2D eigenvalue weighted by molar-refractivity contribution is -0.384. The van der Waals surface area contributed by atoms with Crippen molar-refractivity contribution in [1.82, 2.24) is 14.8 Å². The summed E-state index contributed by atoms with van der Waals surface area (Å²) in [7, 11) is 0. The van der Waals surface area contributed by atoms with Crippen LogP contribution in [0.3, 0.4) is 0 Å². The largest absolute Gasteiger partial charge is 0.307 e. The van der Waals surface area contributed by atoms with Gasteiger partial charge >= 0.3 is 5.69 Å². The van der Waals surface area contributed by atoms with Gasteiger partial charge in [0.1, 0.15) is 0 Å². The van der Waals surface area contributed by atoms with E-state index in [4.69, 9.17) is 11.6 Å². The van der Waals surface area contributed by atoms with Crippen molar-refractivity contribution in [2.75, 3.05) is 0 Å². The van der Waals surface area contributed by atoms with E-state index in [1.165, 1.54) is 6.07 Å². The van der Waals surface area contributed by atoms with Gasteiger partial charge in [-0.05, 0) is 20.8 Å². The van der Waals surface area contributed by atoms with Crippen LogP contribution in [0.2, 0.25) is 5.15 Å². The van der Waals surface area contributed by atoms with E-state index in [9.17, 15) is 10.1 Å². The molecule has 0 aliphatic heterocycles. The molecule has 0 bridgehead atoms. The molecule has 0 saturated heterocycles. The summed E-state index contributed by atoms with van der Waals surface area (Å²) in [6.45, 7) is 5.91. The maximum atomic E-state index is 10.7. The van der Waals surface area contributed by atoms with E-state index in [-0.39, 0.29) is 16.4 Å². The number of pyridine rings is 1. The zero-order valence-corrected chi connectivity index (χ0v) is 10.4. The van der Waals surface area contributed by atoms with Gasteiger partial charge in [0, 0.05) is 11.5 Å². The Hall–Kier alpha value is -1.69. The van der Waals surface area contributed by atoms with Crippen LogP contribution >= 0.6 is 11.6 Å². The average molecular weight is 255 g/mol. The molecule has 7 heteroatoms. The van der Waals surface area contributed by atoms with Gasteiger partial charge in [-0.2, -0.15) is 5.10 Å². The Kier molecular flexibility index (Phi) is 2.54. The molecule has 0 aliphatic rings. The first kappa shape index (κ1) is 11.8. The lowest BCUT2D eigenvalue weighted by Gasteiger charge is -2.19. The topological polar surface area (TPSA) is 73.8 Å². The van der Waals surface area contributed by atoms with Crippen molar-refractivity contribution >= 4 is 28.3 Å². The standard InChI is InChI=1S/C10H11ClN4O2/c1-10(2,3)14-9-6(5-12-14)4-7(15(16)17)8(11)13-9/h4-5H,1-3H3. The number of aromatic nitrogens is 3. The molecule has 0 saturated carbocycles. The molecule has 0 spiro atoms. The van der Waals surface area contributed by atoms with Crippen LogP contribution in [-0.2, 0) is 5.54 Å². The summed E-state index contributed by atoms with van der Waals surface area (Å²) in [5.74, 6) is 0. The third-order valence-electron chi connectivity index (χ3n) is 2.31. The van der Waals surface area contributed by atoms with Gasteiger partial charge in [-0.15, -0.1) is 0 Å². The summed E-state index contributed by atoms with van der Waals surface area (Å²) in [5, 5.41) is 15.4. The van der Waals surface area contributed by atoms with Crippen molar-refractivity contribution in [2.24, 2.45) is 0 Å². The highest BCUT2D eigenvalue weighted by Crippen LogP contribution is 2.28. The van der Waals surface area contributed by atoms with Crippen LogP contribution in [0.5, 0.6) is 0 Å². The first-order valence-corrected chi connectivity index (χ1v) is 5.37. The molecule has 90 valence electrons. The molecule has 0 fully saturated rings. The van der Waals surface area contributed by atoms with Crippen LogP contribution in [0.4, 0.5) is 5.69 Å². The smallest absolute Gasteiger partial charge is 0.258 e. The molecule has 0 aromatic carbocycles. The Balaban J connectivity index is 2.73.